The highest BCUT2D eigenvalue weighted by atomic mass is 16.6. The fraction of sp³-hybridized carbons (Fsp3) is 0.520. The lowest BCUT2D eigenvalue weighted by atomic mass is 9.90. The molecular formula is C25H31N5O4. The summed E-state index contributed by atoms with van der Waals surface area (Å²) in [6, 6.07) is 9.73. The lowest BCUT2D eigenvalue weighted by Gasteiger charge is -2.36. The highest BCUT2D eigenvalue weighted by Crippen LogP contribution is 2.60. The van der Waals surface area contributed by atoms with Crippen LogP contribution in [0.5, 0.6) is 0 Å². The van der Waals surface area contributed by atoms with Gasteiger partial charge in [-0.1, -0.05) is 18.2 Å². The molecule has 180 valence electrons. The van der Waals surface area contributed by atoms with Gasteiger partial charge >= 0.3 is 6.09 Å². The Hall–Kier alpha value is -3.36. The van der Waals surface area contributed by atoms with E-state index in [4.69, 9.17) is 4.74 Å². The first kappa shape index (κ1) is 22.4. The summed E-state index contributed by atoms with van der Waals surface area (Å²) in [6.45, 7) is 5.62. The van der Waals surface area contributed by atoms with E-state index in [0.29, 0.717) is 51.4 Å². The lowest BCUT2D eigenvalue weighted by molar-refractivity contribution is -0.135. The summed E-state index contributed by atoms with van der Waals surface area (Å²) in [7, 11) is 0. The Morgan fingerprint density at radius 2 is 1.65 bits per heavy atom. The Kier molecular flexibility index (Phi) is 6.02. The number of ether oxygens (including phenoxy) is 1. The second-order valence-corrected chi connectivity index (χ2v) is 9.43. The molecule has 2 aliphatic heterocycles. The number of rotatable bonds is 4. The van der Waals surface area contributed by atoms with Gasteiger partial charge in [0.15, 0.2) is 0 Å². The fourth-order valence-electron chi connectivity index (χ4n) is 5.29. The maximum atomic E-state index is 13.1. The number of hydrogen-bond acceptors (Lipinski definition) is 5. The van der Waals surface area contributed by atoms with Crippen LogP contribution < -0.4 is 0 Å². The van der Waals surface area contributed by atoms with Crippen LogP contribution in [0.3, 0.4) is 0 Å². The highest BCUT2D eigenvalue weighted by Gasteiger charge is 2.59. The Balaban J connectivity index is 1.12. The normalized spacial score (nSPS) is 21.4. The van der Waals surface area contributed by atoms with E-state index in [9.17, 15) is 14.4 Å². The fourth-order valence-corrected chi connectivity index (χ4v) is 5.29. The summed E-state index contributed by atoms with van der Waals surface area (Å²) in [5.74, 6) is 0.239. The number of carbonyl (C=O) groups is 3. The topological polar surface area (TPSA) is 88.0 Å². The summed E-state index contributed by atoms with van der Waals surface area (Å²) in [6.07, 6.45) is 5.71. The van der Waals surface area contributed by atoms with Crippen LogP contribution in [0.25, 0.3) is 5.69 Å². The van der Waals surface area contributed by atoms with E-state index in [0.717, 1.165) is 24.9 Å². The Labute approximate surface area is 199 Å². The first-order valence-corrected chi connectivity index (χ1v) is 12.1. The van der Waals surface area contributed by atoms with Crippen LogP contribution in [0.2, 0.25) is 0 Å². The van der Waals surface area contributed by atoms with Gasteiger partial charge in [-0.25, -0.2) is 9.48 Å². The van der Waals surface area contributed by atoms with Crippen LogP contribution in [-0.4, -0.2) is 88.3 Å². The molecule has 1 aromatic heterocycles. The van der Waals surface area contributed by atoms with Crippen molar-refractivity contribution in [3.05, 3.63) is 48.3 Å². The van der Waals surface area contributed by atoms with E-state index in [1.54, 1.807) is 28.9 Å². The molecule has 1 aliphatic carbocycles. The number of benzene rings is 1. The Morgan fingerprint density at radius 3 is 2.32 bits per heavy atom. The second-order valence-electron chi connectivity index (χ2n) is 9.43. The Morgan fingerprint density at radius 1 is 0.971 bits per heavy atom. The molecular weight excluding hydrogens is 434 g/mol. The quantitative estimate of drug-likeness (QED) is 0.692. The van der Waals surface area contributed by atoms with E-state index in [1.807, 2.05) is 40.1 Å². The molecule has 3 amide bonds. The molecule has 9 heteroatoms. The van der Waals surface area contributed by atoms with E-state index in [2.05, 4.69) is 5.10 Å². The number of likely N-dealkylation sites (tertiary alicyclic amines) is 1. The molecule has 0 N–H and O–H groups in total. The zero-order chi connectivity index (χ0) is 23.7. The minimum absolute atomic E-state index is 0.00403. The molecule has 3 fully saturated rings. The summed E-state index contributed by atoms with van der Waals surface area (Å²) in [4.78, 5) is 43.5. The molecule has 1 spiro atoms. The van der Waals surface area contributed by atoms with Crippen LogP contribution in [0.15, 0.2) is 42.7 Å². The standard InChI is InChI=1S/C25H31N5O4/c1-2-34-24(33)29-14-12-28(13-15-29)23(32)21-16-25(21)8-10-27(11-9-25)22(31)19-17-26-30(18-19)20-6-4-3-5-7-20/h3-7,17-18,21H,2,8-16H2,1H3. The number of carbonyl (C=O) groups excluding carboxylic acids is 3. The van der Waals surface area contributed by atoms with Gasteiger partial charge < -0.3 is 19.4 Å². The SMILES string of the molecule is CCOC(=O)N1CCN(C(=O)C2CC23CCN(C(=O)c2cnn(-c4ccccc4)c2)CC3)CC1. The molecule has 1 aromatic carbocycles. The van der Waals surface area contributed by atoms with E-state index in [-0.39, 0.29) is 29.2 Å². The van der Waals surface area contributed by atoms with Crippen LogP contribution in [0.4, 0.5) is 4.79 Å². The van der Waals surface area contributed by atoms with Gasteiger partial charge in [-0.2, -0.15) is 5.10 Å². The number of para-hydroxylation sites is 1. The van der Waals surface area contributed by atoms with Crippen molar-refractivity contribution in [1.82, 2.24) is 24.5 Å². The molecule has 3 heterocycles. The molecule has 0 radical (unpaired) electrons. The minimum Gasteiger partial charge on any atom is -0.450 e. The zero-order valence-electron chi connectivity index (χ0n) is 19.6. The highest BCUT2D eigenvalue weighted by molar-refractivity contribution is 5.94. The first-order valence-electron chi connectivity index (χ1n) is 12.1. The van der Waals surface area contributed by atoms with Crippen molar-refractivity contribution in [1.29, 1.82) is 0 Å². The van der Waals surface area contributed by atoms with Gasteiger partial charge in [0, 0.05) is 51.4 Å². The van der Waals surface area contributed by atoms with Gasteiger partial charge in [-0.3, -0.25) is 9.59 Å². The van der Waals surface area contributed by atoms with Gasteiger partial charge in [0.1, 0.15) is 0 Å². The maximum Gasteiger partial charge on any atom is 0.409 e. The first-order chi connectivity index (χ1) is 16.5. The number of hydrogen-bond donors (Lipinski definition) is 0. The van der Waals surface area contributed by atoms with Crippen molar-refractivity contribution in [3.63, 3.8) is 0 Å². The molecule has 34 heavy (non-hydrogen) atoms. The molecule has 1 atom stereocenters. The van der Waals surface area contributed by atoms with Crippen molar-refractivity contribution < 1.29 is 19.1 Å². The maximum absolute atomic E-state index is 13.1. The summed E-state index contributed by atoms with van der Waals surface area (Å²) in [5.41, 5.74) is 1.53. The van der Waals surface area contributed by atoms with Gasteiger partial charge in [-0.15, -0.1) is 0 Å². The van der Waals surface area contributed by atoms with Gasteiger partial charge in [0.25, 0.3) is 5.91 Å². The van der Waals surface area contributed by atoms with E-state index in [1.165, 1.54) is 0 Å². The third-order valence-electron chi connectivity index (χ3n) is 7.50. The molecule has 5 rings (SSSR count). The largest absolute Gasteiger partial charge is 0.450 e. The van der Waals surface area contributed by atoms with Crippen LogP contribution in [0, 0.1) is 11.3 Å². The molecule has 1 unspecified atom stereocenters. The summed E-state index contributed by atoms with van der Waals surface area (Å²) < 4.78 is 6.78. The minimum atomic E-state index is -0.302. The molecule has 2 aromatic rings. The third kappa shape index (κ3) is 4.26. The smallest absolute Gasteiger partial charge is 0.409 e. The van der Waals surface area contributed by atoms with Gasteiger partial charge in [0.05, 0.1) is 24.1 Å². The summed E-state index contributed by atoms with van der Waals surface area (Å²) in [5, 5.41) is 4.34. The predicted octanol–water partition coefficient (Wildman–Crippen LogP) is 2.42. The number of piperidine rings is 1. The number of aromatic nitrogens is 2. The molecule has 0 bridgehead atoms. The predicted molar refractivity (Wildman–Crippen MR) is 124 cm³/mol. The van der Waals surface area contributed by atoms with Gasteiger partial charge in [0.2, 0.25) is 5.91 Å². The van der Waals surface area contributed by atoms with Crippen LogP contribution in [0.1, 0.15) is 36.5 Å². The van der Waals surface area contributed by atoms with Crippen LogP contribution >= 0.6 is 0 Å². The molecule has 9 nitrogen and oxygen atoms in total. The molecule has 3 aliphatic rings. The zero-order valence-corrected chi connectivity index (χ0v) is 19.6. The third-order valence-corrected chi connectivity index (χ3v) is 7.50. The molecule has 1 saturated carbocycles. The average molecular weight is 466 g/mol. The lowest BCUT2D eigenvalue weighted by Crippen LogP contribution is -2.51. The van der Waals surface area contributed by atoms with Crippen molar-refractivity contribution in [2.75, 3.05) is 45.9 Å². The van der Waals surface area contributed by atoms with E-state index < -0.39 is 0 Å². The van der Waals surface area contributed by atoms with Gasteiger partial charge in [-0.05, 0) is 43.7 Å². The number of amides is 3. The Bertz CT molecular complexity index is 1050. The second kappa shape index (κ2) is 9.12. The molecule has 2 saturated heterocycles. The number of nitrogens with zero attached hydrogens (tertiary/aromatic N) is 5. The van der Waals surface area contributed by atoms with Crippen molar-refractivity contribution >= 4 is 17.9 Å². The number of piperazine rings is 1. The average Bonchev–Trinajstić information content (AvgIpc) is 3.34. The van der Waals surface area contributed by atoms with Crippen molar-refractivity contribution in [3.8, 4) is 5.69 Å². The van der Waals surface area contributed by atoms with E-state index >= 15 is 0 Å². The van der Waals surface area contributed by atoms with Crippen molar-refractivity contribution in [2.45, 2.75) is 26.2 Å². The summed E-state index contributed by atoms with van der Waals surface area (Å²) >= 11 is 0. The van der Waals surface area contributed by atoms with Crippen LogP contribution in [-0.2, 0) is 9.53 Å². The monoisotopic (exact) mass is 465 g/mol. The van der Waals surface area contributed by atoms with Crippen molar-refractivity contribution in [2.24, 2.45) is 11.3 Å².